The van der Waals surface area contributed by atoms with Crippen molar-refractivity contribution in [2.24, 2.45) is 0 Å². The summed E-state index contributed by atoms with van der Waals surface area (Å²) in [4.78, 5) is 4.11. The molecule has 0 saturated carbocycles. The van der Waals surface area contributed by atoms with Crippen LogP contribution in [0.15, 0.2) is 30.5 Å². The second-order valence-electron chi connectivity index (χ2n) is 2.64. The van der Waals surface area contributed by atoms with Crippen LogP contribution in [-0.2, 0) is 0 Å². The van der Waals surface area contributed by atoms with Crippen molar-refractivity contribution in [3.8, 4) is 6.07 Å². The summed E-state index contributed by atoms with van der Waals surface area (Å²) in [5, 5.41) is 10.3. The van der Waals surface area contributed by atoms with Crippen LogP contribution in [0.3, 0.4) is 0 Å². The van der Waals surface area contributed by atoms with Gasteiger partial charge in [-0.1, -0.05) is 17.7 Å². The number of nitrogens with zero attached hydrogens (tertiary/aromatic N) is 2. The first-order valence-electron chi connectivity index (χ1n) is 3.75. The summed E-state index contributed by atoms with van der Waals surface area (Å²) in [7, 11) is 0. The van der Waals surface area contributed by atoms with Crippen molar-refractivity contribution in [3.05, 3.63) is 41.0 Å². The van der Waals surface area contributed by atoms with Gasteiger partial charge in [-0.3, -0.25) is 4.98 Å². The number of aromatic nitrogens is 1. The molecule has 1 heterocycles. The lowest BCUT2D eigenvalue weighted by Crippen LogP contribution is -1.83. The van der Waals surface area contributed by atoms with Crippen LogP contribution >= 0.6 is 11.6 Å². The predicted molar refractivity (Wildman–Crippen MR) is 51.5 cm³/mol. The minimum atomic E-state index is 0.517. The SMILES string of the molecule is N#Cc1cc(Cl)cc2cccnc12. The van der Waals surface area contributed by atoms with E-state index in [-0.39, 0.29) is 0 Å². The zero-order valence-electron chi connectivity index (χ0n) is 6.66. The molecule has 0 bridgehead atoms. The highest BCUT2D eigenvalue weighted by molar-refractivity contribution is 6.31. The fraction of sp³-hybridized carbons (Fsp3) is 0. The lowest BCUT2D eigenvalue weighted by Gasteiger charge is -1.98. The van der Waals surface area contributed by atoms with Crippen LogP contribution in [0.5, 0.6) is 0 Å². The van der Waals surface area contributed by atoms with Crippen LogP contribution in [0.1, 0.15) is 5.56 Å². The molecule has 2 nitrogen and oxygen atoms in total. The van der Waals surface area contributed by atoms with Gasteiger partial charge in [0.2, 0.25) is 0 Å². The van der Waals surface area contributed by atoms with Gasteiger partial charge >= 0.3 is 0 Å². The van der Waals surface area contributed by atoms with Crippen LogP contribution in [0.4, 0.5) is 0 Å². The van der Waals surface area contributed by atoms with Gasteiger partial charge in [0.05, 0.1) is 11.1 Å². The molecule has 0 saturated heterocycles. The number of halogens is 1. The fourth-order valence-corrected chi connectivity index (χ4v) is 1.47. The number of pyridine rings is 1. The van der Waals surface area contributed by atoms with E-state index in [1.165, 1.54) is 0 Å². The molecule has 0 unspecified atom stereocenters. The van der Waals surface area contributed by atoms with Gasteiger partial charge in [-0.15, -0.1) is 0 Å². The molecule has 1 aromatic heterocycles. The van der Waals surface area contributed by atoms with E-state index in [4.69, 9.17) is 16.9 Å². The maximum Gasteiger partial charge on any atom is 0.101 e. The largest absolute Gasteiger partial charge is 0.255 e. The molecule has 2 aromatic rings. The molecule has 0 atom stereocenters. The summed E-state index contributed by atoms with van der Waals surface area (Å²) in [6.45, 7) is 0. The molecule has 62 valence electrons. The predicted octanol–water partition coefficient (Wildman–Crippen LogP) is 2.76. The van der Waals surface area contributed by atoms with Gasteiger partial charge in [-0.05, 0) is 18.2 Å². The van der Waals surface area contributed by atoms with Crippen LogP contribution < -0.4 is 0 Å². The van der Waals surface area contributed by atoms with Crippen LogP contribution in [0.25, 0.3) is 10.9 Å². The Balaban J connectivity index is 2.91. The van der Waals surface area contributed by atoms with Crippen LogP contribution in [-0.4, -0.2) is 4.98 Å². The summed E-state index contributed by atoms with van der Waals surface area (Å²) >= 11 is 5.82. The summed E-state index contributed by atoms with van der Waals surface area (Å²) in [5.74, 6) is 0. The Morgan fingerprint density at radius 1 is 1.38 bits per heavy atom. The van der Waals surface area contributed by atoms with Gasteiger partial charge in [-0.25, -0.2) is 0 Å². The molecule has 0 aliphatic rings. The Hall–Kier alpha value is -1.59. The van der Waals surface area contributed by atoms with Gasteiger partial charge in [0.15, 0.2) is 0 Å². The normalized spacial score (nSPS) is 9.85. The van der Waals surface area contributed by atoms with E-state index in [1.54, 1.807) is 18.3 Å². The fourth-order valence-electron chi connectivity index (χ4n) is 1.24. The molecule has 0 amide bonds. The molecule has 0 N–H and O–H groups in total. The molecular weight excluding hydrogens is 184 g/mol. The molecule has 0 aliphatic carbocycles. The summed E-state index contributed by atoms with van der Waals surface area (Å²) < 4.78 is 0. The van der Waals surface area contributed by atoms with E-state index in [0.717, 1.165) is 5.39 Å². The van der Waals surface area contributed by atoms with E-state index < -0.39 is 0 Å². The lowest BCUT2D eigenvalue weighted by molar-refractivity contribution is 1.39. The smallest absolute Gasteiger partial charge is 0.101 e. The zero-order chi connectivity index (χ0) is 9.26. The van der Waals surface area contributed by atoms with Crippen molar-refractivity contribution in [1.82, 2.24) is 4.98 Å². The molecule has 13 heavy (non-hydrogen) atoms. The molecule has 0 aliphatic heterocycles. The highest BCUT2D eigenvalue weighted by atomic mass is 35.5. The van der Waals surface area contributed by atoms with Gasteiger partial charge in [-0.2, -0.15) is 5.26 Å². The standard InChI is InChI=1S/C10H5ClN2/c11-9-4-7-2-1-3-13-10(7)8(5-9)6-12/h1-5H. The van der Waals surface area contributed by atoms with Crippen LogP contribution in [0, 0.1) is 11.3 Å². The van der Waals surface area contributed by atoms with Gasteiger partial charge in [0.1, 0.15) is 6.07 Å². The van der Waals surface area contributed by atoms with E-state index in [9.17, 15) is 0 Å². The highest BCUT2D eigenvalue weighted by Gasteiger charge is 2.02. The van der Waals surface area contributed by atoms with Crippen molar-refractivity contribution >= 4 is 22.5 Å². The topological polar surface area (TPSA) is 36.7 Å². The Morgan fingerprint density at radius 3 is 3.00 bits per heavy atom. The van der Waals surface area contributed by atoms with Gasteiger partial charge in [0, 0.05) is 16.6 Å². The number of hydrogen-bond acceptors (Lipinski definition) is 2. The minimum Gasteiger partial charge on any atom is -0.255 e. The first-order chi connectivity index (χ1) is 6.31. The number of fused-ring (bicyclic) bond motifs is 1. The molecule has 0 radical (unpaired) electrons. The number of nitriles is 1. The van der Waals surface area contributed by atoms with Crippen LogP contribution in [0.2, 0.25) is 5.02 Å². The van der Waals surface area contributed by atoms with Crippen molar-refractivity contribution < 1.29 is 0 Å². The number of benzene rings is 1. The summed E-state index contributed by atoms with van der Waals surface area (Å²) in [6, 6.07) is 9.19. The molecule has 0 fully saturated rings. The van der Waals surface area contributed by atoms with E-state index in [2.05, 4.69) is 11.1 Å². The third-order valence-electron chi connectivity index (χ3n) is 1.79. The second-order valence-corrected chi connectivity index (χ2v) is 3.08. The van der Waals surface area contributed by atoms with Crippen molar-refractivity contribution in [2.75, 3.05) is 0 Å². The van der Waals surface area contributed by atoms with Crippen molar-refractivity contribution in [2.45, 2.75) is 0 Å². The monoisotopic (exact) mass is 188 g/mol. The van der Waals surface area contributed by atoms with Crippen molar-refractivity contribution in [3.63, 3.8) is 0 Å². The molecule has 2 rings (SSSR count). The third-order valence-corrected chi connectivity index (χ3v) is 2.01. The second kappa shape index (κ2) is 3.04. The van der Waals surface area contributed by atoms with E-state index >= 15 is 0 Å². The average molecular weight is 189 g/mol. The highest BCUT2D eigenvalue weighted by Crippen LogP contribution is 2.21. The maximum atomic E-state index is 8.81. The minimum absolute atomic E-state index is 0.517. The first-order valence-corrected chi connectivity index (χ1v) is 4.13. The van der Waals surface area contributed by atoms with Gasteiger partial charge < -0.3 is 0 Å². The summed E-state index contributed by atoms with van der Waals surface area (Å²) in [5.41, 5.74) is 1.22. The average Bonchev–Trinajstić information content (AvgIpc) is 2.16. The lowest BCUT2D eigenvalue weighted by atomic mass is 10.1. The molecule has 0 spiro atoms. The third kappa shape index (κ3) is 1.34. The molecular formula is C10H5ClN2. The molecule has 3 heteroatoms. The van der Waals surface area contributed by atoms with E-state index in [1.807, 2.05) is 12.1 Å². The van der Waals surface area contributed by atoms with E-state index in [0.29, 0.717) is 16.1 Å². The summed E-state index contributed by atoms with van der Waals surface area (Å²) in [6.07, 6.45) is 1.66. The maximum absolute atomic E-state index is 8.81. The Kier molecular flexibility index (Phi) is 1.88. The Morgan fingerprint density at radius 2 is 2.23 bits per heavy atom. The zero-order valence-corrected chi connectivity index (χ0v) is 7.42. The van der Waals surface area contributed by atoms with Crippen molar-refractivity contribution in [1.29, 1.82) is 5.26 Å². The molecule has 1 aromatic carbocycles. The number of hydrogen-bond donors (Lipinski definition) is 0. The first kappa shape index (κ1) is 8.03. The Bertz CT molecular complexity index is 500. The van der Waals surface area contributed by atoms with Gasteiger partial charge in [0.25, 0.3) is 0 Å². The quantitative estimate of drug-likeness (QED) is 0.638. The Labute approximate surface area is 80.4 Å². The number of rotatable bonds is 0.